The van der Waals surface area contributed by atoms with Gasteiger partial charge in [-0.05, 0) is 0 Å². The molecule has 0 bridgehead atoms. The maximum absolute atomic E-state index is 13.4. The first kappa shape index (κ1) is 16.4. The molecule has 0 unspecified atom stereocenters. The van der Waals surface area contributed by atoms with Gasteiger partial charge < -0.3 is 13.3 Å². The smallest absolute Gasteiger partial charge is 0.452 e. The molecule has 0 aromatic carbocycles. The van der Waals surface area contributed by atoms with Crippen molar-refractivity contribution < 1.29 is 40.8 Å². The fourth-order valence-corrected chi connectivity index (χ4v) is 2.81. The maximum Gasteiger partial charge on any atom is 0.782 e. The lowest BCUT2D eigenvalue weighted by molar-refractivity contribution is -0.156. The van der Waals surface area contributed by atoms with Crippen molar-refractivity contribution >= 4 is 26.7 Å². The fraction of sp³-hybridized carbons (Fsp3) is 0.625. The molecule has 0 fully saturated rings. The number of halogens is 3. The van der Waals surface area contributed by atoms with Gasteiger partial charge in [-0.15, -0.1) is 0 Å². The Morgan fingerprint density at radius 2 is 1.22 bits per heavy atom. The molecule has 104 valence electrons. The van der Waals surface area contributed by atoms with Crippen LogP contribution in [0.25, 0.3) is 0 Å². The van der Waals surface area contributed by atoms with E-state index in [-0.39, 0.29) is 0 Å². The average molecular weight is 288 g/mol. The Morgan fingerprint density at radius 1 is 0.944 bits per heavy atom. The summed E-state index contributed by atoms with van der Waals surface area (Å²) in [6, 6.07) is 0. The Kier molecular flexibility index (Phi) is 5.33. The molecular formula is C8H11F3O6Si. The van der Waals surface area contributed by atoms with Gasteiger partial charge in [-0.3, -0.25) is 14.4 Å². The zero-order valence-corrected chi connectivity index (χ0v) is 10.8. The van der Waals surface area contributed by atoms with E-state index in [0.717, 1.165) is 20.8 Å². The number of alkyl halides is 3. The van der Waals surface area contributed by atoms with Crippen LogP contribution in [0.5, 0.6) is 0 Å². The third-order valence-corrected chi connectivity index (χ3v) is 4.15. The van der Waals surface area contributed by atoms with Crippen LogP contribution in [-0.4, -0.2) is 38.9 Å². The molecule has 10 heteroatoms. The number of carbonyl (C=O) groups excluding carboxylic acids is 3. The molecule has 6 nitrogen and oxygen atoms in total. The first-order valence-corrected chi connectivity index (χ1v) is 6.31. The standard InChI is InChI=1S/C8H11F3O6Si/c1-5(12)15-18(16-6(2)13,17-7(3)14)8(10,11)4-9/h4H2,1-3H3. The molecule has 0 saturated heterocycles. The van der Waals surface area contributed by atoms with Crippen LogP contribution in [0, 0.1) is 0 Å². The molecule has 0 aliphatic rings. The van der Waals surface area contributed by atoms with Crippen LogP contribution in [0.1, 0.15) is 20.8 Å². The highest BCUT2D eigenvalue weighted by Gasteiger charge is 2.74. The van der Waals surface area contributed by atoms with Gasteiger partial charge >= 0.3 is 14.4 Å². The van der Waals surface area contributed by atoms with Crippen molar-refractivity contribution in [2.75, 3.05) is 6.67 Å². The molecule has 18 heavy (non-hydrogen) atoms. The normalized spacial score (nSPS) is 11.7. The highest BCUT2D eigenvalue weighted by atomic mass is 28.4. The third kappa shape index (κ3) is 4.02. The summed E-state index contributed by atoms with van der Waals surface area (Å²) in [6.45, 7) is -0.137. The molecule has 0 radical (unpaired) electrons. The highest BCUT2D eigenvalue weighted by Crippen LogP contribution is 2.31. The quantitative estimate of drug-likeness (QED) is 0.695. The van der Waals surface area contributed by atoms with E-state index >= 15 is 0 Å². The Bertz CT molecular complexity index is 318. The molecule has 0 saturated carbocycles. The minimum Gasteiger partial charge on any atom is -0.452 e. The largest absolute Gasteiger partial charge is 0.782 e. The van der Waals surface area contributed by atoms with Crippen LogP contribution >= 0.6 is 0 Å². The van der Waals surface area contributed by atoms with Crippen LogP contribution in [0.15, 0.2) is 0 Å². The first-order chi connectivity index (χ1) is 8.06. The Labute approximate surface area is 101 Å². The van der Waals surface area contributed by atoms with Crippen LogP contribution < -0.4 is 0 Å². The molecule has 0 aliphatic carbocycles. The Morgan fingerprint density at radius 3 is 1.39 bits per heavy atom. The van der Waals surface area contributed by atoms with Gasteiger partial charge in [0.05, 0.1) is 0 Å². The second-order valence-corrected chi connectivity index (χ2v) is 5.63. The van der Waals surface area contributed by atoms with Crippen molar-refractivity contribution in [3.63, 3.8) is 0 Å². The van der Waals surface area contributed by atoms with E-state index < -0.39 is 38.9 Å². The fourth-order valence-electron chi connectivity index (χ4n) is 0.936. The SMILES string of the molecule is CC(=O)O[Si](OC(C)=O)(OC(C)=O)C(F)(F)CF. The van der Waals surface area contributed by atoms with Crippen molar-refractivity contribution in [3.05, 3.63) is 0 Å². The van der Waals surface area contributed by atoms with Crippen molar-refractivity contribution in [1.82, 2.24) is 0 Å². The lowest BCUT2D eigenvalue weighted by Gasteiger charge is -2.30. The summed E-state index contributed by atoms with van der Waals surface area (Å²) >= 11 is 0. The third-order valence-electron chi connectivity index (χ3n) is 1.45. The summed E-state index contributed by atoms with van der Waals surface area (Å²) in [6.07, 6.45) is 0. The lowest BCUT2D eigenvalue weighted by Crippen LogP contribution is -2.64. The molecule has 0 aliphatic heterocycles. The molecule has 0 amide bonds. The second kappa shape index (κ2) is 5.84. The van der Waals surface area contributed by atoms with Crippen LogP contribution in [0.3, 0.4) is 0 Å². The summed E-state index contributed by atoms with van der Waals surface area (Å²) in [7, 11) is -5.47. The first-order valence-electron chi connectivity index (χ1n) is 4.59. The molecule has 0 aromatic heterocycles. The minimum absolute atomic E-state index is 0.725. The van der Waals surface area contributed by atoms with Crippen LogP contribution in [-0.2, 0) is 27.7 Å². The maximum atomic E-state index is 13.4. The lowest BCUT2D eigenvalue weighted by atomic mass is 10.8. The van der Waals surface area contributed by atoms with Gasteiger partial charge in [-0.1, -0.05) is 0 Å². The van der Waals surface area contributed by atoms with Gasteiger partial charge in [0.1, 0.15) is 0 Å². The number of hydrogen-bond acceptors (Lipinski definition) is 6. The average Bonchev–Trinajstić information content (AvgIpc) is 2.13. The van der Waals surface area contributed by atoms with E-state index in [1.165, 1.54) is 0 Å². The molecule has 0 heterocycles. The second-order valence-electron chi connectivity index (χ2n) is 3.18. The van der Waals surface area contributed by atoms with E-state index in [4.69, 9.17) is 0 Å². The molecule has 0 N–H and O–H groups in total. The zero-order valence-electron chi connectivity index (χ0n) is 9.79. The minimum atomic E-state index is -5.47. The van der Waals surface area contributed by atoms with Crippen LogP contribution in [0.4, 0.5) is 13.2 Å². The number of hydrogen-bond donors (Lipinski definition) is 0. The number of carbonyl (C=O) groups is 3. The molecule has 0 atom stereocenters. The monoisotopic (exact) mass is 288 g/mol. The molecular weight excluding hydrogens is 277 g/mol. The summed E-state index contributed by atoms with van der Waals surface area (Å²) in [4.78, 5) is 32.3. The summed E-state index contributed by atoms with van der Waals surface area (Å²) in [5.74, 6) is -3.88. The van der Waals surface area contributed by atoms with E-state index in [1.807, 2.05) is 0 Å². The van der Waals surface area contributed by atoms with Gasteiger partial charge in [-0.25, -0.2) is 4.39 Å². The Hall–Kier alpha value is -1.58. The predicted octanol–water partition coefficient (Wildman–Crippen LogP) is 0.759. The molecule has 0 rings (SSSR count). The topological polar surface area (TPSA) is 78.9 Å². The predicted molar refractivity (Wildman–Crippen MR) is 52.0 cm³/mol. The number of rotatable bonds is 5. The van der Waals surface area contributed by atoms with Gasteiger partial charge in [0.15, 0.2) is 6.67 Å². The van der Waals surface area contributed by atoms with Crippen molar-refractivity contribution in [2.45, 2.75) is 26.3 Å². The zero-order chi connectivity index (χ0) is 14.6. The van der Waals surface area contributed by atoms with Crippen molar-refractivity contribution in [3.8, 4) is 0 Å². The van der Waals surface area contributed by atoms with E-state index in [0.29, 0.717) is 0 Å². The van der Waals surface area contributed by atoms with Crippen molar-refractivity contribution in [1.29, 1.82) is 0 Å². The Balaban J connectivity index is 5.58. The van der Waals surface area contributed by atoms with Crippen molar-refractivity contribution in [2.24, 2.45) is 0 Å². The van der Waals surface area contributed by atoms with Gasteiger partial charge in [0.25, 0.3) is 17.9 Å². The van der Waals surface area contributed by atoms with E-state index in [2.05, 4.69) is 13.3 Å². The van der Waals surface area contributed by atoms with Gasteiger partial charge in [0, 0.05) is 20.8 Å². The summed E-state index contributed by atoms with van der Waals surface area (Å²) < 4.78 is 51.6. The molecule has 0 aromatic rings. The van der Waals surface area contributed by atoms with E-state index in [1.54, 1.807) is 0 Å². The molecule has 0 spiro atoms. The summed E-state index contributed by atoms with van der Waals surface area (Å²) in [5.41, 5.74) is -4.41. The highest BCUT2D eigenvalue weighted by molar-refractivity contribution is 6.68. The van der Waals surface area contributed by atoms with Crippen LogP contribution in [0.2, 0.25) is 0 Å². The van der Waals surface area contributed by atoms with Gasteiger partial charge in [-0.2, -0.15) is 8.78 Å². The summed E-state index contributed by atoms with van der Waals surface area (Å²) in [5, 5.41) is 0. The van der Waals surface area contributed by atoms with Gasteiger partial charge in [0.2, 0.25) is 0 Å². The van der Waals surface area contributed by atoms with E-state index in [9.17, 15) is 27.6 Å².